The molecule has 45 heavy (non-hydrogen) atoms. The molecule has 12 heteroatoms. The molecule has 0 spiro atoms. The van der Waals surface area contributed by atoms with Crippen LogP contribution in [0.5, 0.6) is 0 Å². The number of nitriles is 1. The first-order valence-electron chi connectivity index (χ1n) is 15.0. The highest BCUT2D eigenvalue weighted by Crippen LogP contribution is 2.51. The van der Waals surface area contributed by atoms with Crippen molar-refractivity contribution in [3.05, 3.63) is 92.8 Å². The highest BCUT2D eigenvalue weighted by molar-refractivity contribution is 6.30. The van der Waals surface area contributed by atoms with Gasteiger partial charge in [0.25, 0.3) is 5.91 Å². The number of fused-ring (bicyclic) bond motifs is 1. The molecule has 6 rings (SSSR count). The molecule has 2 saturated heterocycles. The maximum atomic E-state index is 16.6. The van der Waals surface area contributed by atoms with Crippen LogP contribution in [-0.4, -0.2) is 74.9 Å². The summed E-state index contributed by atoms with van der Waals surface area (Å²) in [6.45, 7) is 2.94. The van der Waals surface area contributed by atoms with Gasteiger partial charge < -0.3 is 19.8 Å². The molecule has 3 aliphatic rings. The van der Waals surface area contributed by atoms with Crippen molar-refractivity contribution in [3.8, 4) is 6.07 Å². The molecular weight excluding hydrogens is 604 g/mol. The van der Waals surface area contributed by atoms with E-state index >= 15 is 8.78 Å². The zero-order valence-corrected chi connectivity index (χ0v) is 25.8. The number of alkyl halides is 1. The van der Waals surface area contributed by atoms with E-state index in [4.69, 9.17) is 16.3 Å². The molecule has 2 unspecified atom stereocenters. The van der Waals surface area contributed by atoms with E-state index in [-0.39, 0.29) is 65.4 Å². The standard InChI is InChI=1S/C33H34ClF2N5O4/c1-3-32(43,31(36)7-9-40(2)10-8-31)22-12-25-29(27(35)13-22)33(44,26-5-4-23(34)14-24(26)21-6-11-45-19-21)41(30(25)42)18-28-38-16-20(15-37)17-39-28/h4-5,12-14,16-17,21,43-44H,3,6-11,18-19H2,1-2H3/t21?,32?,33-/m1/s1. The molecule has 0 aliphatic carbocycles. The number of hydrogen-bond donors (Lipinski definition) is 2. The Hall–Kier alpha value is -3.53. The van der Waals surface area contributed by atoms with E-state index < -0.39 is 28.7 Å². The zero-order chi connectivity index (χ0) is 32.1. The van der Waals surface area contributed by atoms with E-state index in [0.29, 0.717) is 43.3 Å². The van der Waals surface area contributed by atoms with Crippen molar-refractivity contribution >= 4 is 17.5 Å². The highest BCUT2D eigenvalue weighted by Gasteiger charge is 2.57. The second kappa shape index (κ2) is 11.7. The summed E-state index contributed by atoms with van der Waals surface area (Å²) in [7, 11) is 1.87. The molecule has 2 fully saturated rings. The Morgan fingerprint density at radius 3 is 2.56 bits per heavy atom. The molecule has 2 N–H and O–H groups in total. The molecule has 1 amide bonds. The van der Waals surface area contributed by atoms with Crippen molar-refractivity contribution in [1.29, 1.82) is 5.26 Å². The number of amides is 1. The summed E-state index contributed by atoms with van der Waals surface area (Å²) in [6, 6.07) is 9.09. The van der Waals surface area contributed by atoms with Crippen LogP contribution in [0.3, 0.4) is 0 Å². The van der Waals surface area contributed by atoms with E-state index in [9.17, 15) is 20.3 Å². The summed E-state index contributed by atoms with van der Waals surface area (Å²) in [4.78, 5) is 25.7. The number of ether oxygens (including phenoxy) is 1. The second-order valence-electron chi connectivity index (χ2n) is 12.2. The van der Waals surface area contributed by atoms with Gasteiger partial charge in [-0.15, -0.1) is 0 Å². The third-order valence-corrected chi connectivity index (χ3v) is 9.94. The summed E-state index contributed by atoms with van der Waals surface area (Å²) in [5.74, 6) is -1.79. The molecule has 4 heterocycles. The number of hydrogen-bond acceptors (Lipinski definition) is 8. The van der Waals surface area contributed by atoms with Crippen molar-refractivity contribution in [2.45, 2.75) is 62.1 Å². The first-order chi connectivity index (χ1) is 21.4. The number of aromatic nitrogens is 2. The number of carbonyl (C=O) groups excluding carboxylic acids is 1. The molecule has 9 nitrogen and oxygen atoms in total. The Bertz CT molecular complexity index is 1670. The number of benzene rings is 2. The summed E-state index contributed by atoms with van der Waals surface area (Å²) in [5.41, 5.74) is -6.05. The zero-order valence-electron chi connectivity index (χ0n) is 25.1. The van der Waals surface area contributed by atoms with Crippen LogP contribution in [-0.2, 0) is 22.6 Å². The maximum absolute atomic E-state index is 16.6. The Balaban J connectivity index is 1.54. The molecule has 2 aromatic carbocycles. The third kappa shape index (κ3) is 5.09. The SMILES string of the molecule is CCC(O)(c1cc(F)c2c(c1)C(=O)N(Cc1ncc(C#N)cn1)[C@@]2(O)c1ccc(Cl)cc1C1CCOC1)C1(F)CCN(C)CC1. The largest absolute Gasteiger partial charge is 0.382 e. The van der Waals surface area contributed by atoms with Gasteiger partial charge in [0.1, 0.15) is 29.0 Å². The fraction of sp³-hybridized carbons (Fsp3) is 0.455. The normalized spacial score (nSPS) is 24.4. The van der Waals surface area contributed by atoms with E-state index in [1.165, 1.54) is 18.5 Å². The van der Waals surface area contributed by atoms with Crippen LogP contribution in [0.2, 0.25) is 5.02 Å². The van der Waals surface area contributed by atoms with Gasteiger partial charge in [-0.1, -0.05) is 24.6 Å². The quantitative estimate of drug-likeness (QED) is 0.388. The lowest BCUT2D eigenvalue weighted by Crippen LogP contribution is -2.54. The Morgan fingerprint density at radius 2 is 1.93 bits per heavy atom. The first kappa shape index (κ1) is 31.5. The molecule has 3 atom stereocenters. The Kier molecular flexibility index (Phi) is 8.16. The van der Waals surface area contributed by atoms with Crippen LogP contribution >= 0.6 is 11.6 Å². The predicted octanol–water partition coefficient (Wildman–Crippen LogP) is 4.53. The molecule has 3 aromatic rings. The van der Waals surface area contributed by atoms with Gasteiger partial charge in [-0.25, -0.2) is 18.7 Å². The number of rotatable bonds is 7. The summed E-state index contributed by atoms with van der Waals surface area (Å²) in [5, 5.41) is 34.2. The maximum Gasteiger partial charge on any atom is 0.257 e. The van der Waals surface area contributed by atoms with Crippen molar-refractivity contribution in [2.75, 3.05) is 33.4 Å². The van der Waals surface area contributed by atoms with Gasteiger partial charge in [0.05, 0.1) is 29.8 Å². The topological polar surface area (TPSA) is 123 Å². The molecule has 1 aromatic heterocycles. The minimum absolute atomic E-state index is 0.0319. The van der Waals surface area contributed by atoms with Gasteiger partial charge in [0.15, 0.2) is 5.72 Å². The van der Waals surface area contributed by atoms with Crippen molar-refractivity contribution in [3.63, 3.8) is 0 Å². The lowest BCUT2D eigenvalue weighted by atomic mass is 9.71. The lowest BCUT2D eigenvalue weighted by Gasteiger charge is -2.45. The highest BCUT2D eigenvalue weighted by atomic mass is 35.5. The summed E-state index contributed by atoms with van der Waals surface area (Å²) < 4.78 is 38.8. The van der Waals surface area contributed by atoms with E-state index in [0.717, 1.165) is 11.0 Å². The number of likely N-dealkylation sites (tertiary alicyclic amines) is 1. The minimum Gasteiger partial charge on any atom is -0.382 e. The fourth-order valence-electron chi connectivity index (χ4n) is 7.03. The number of piperidine rings is 1. The summed E-state index contributed by atoms with van der Waals surface area (Å²) in [6.07, 6.45) is 3.22. The molecule has 0 saturated carbocycles. The van der Waals surface area contributed by atoms with Crippen molar-refractivity contribution in [2.24, 2.45) is 0 Å². The third-order valence-electron chi connectivity index (χ3n) is 9.71. The number of nitrogens with zero attached hydrogens (tertiary/aromatic N) is 5. The summed E-state index contributed by atoms with van der Waals surface area (Å²) >= 11 is 6.40. The van der Waals surface area contributed by atoms with Gasteiger partial charge in [0.2, 0.25) is 0 Å². The van der Waals surface area contributed by atoms with Crippen LogP contribution in [0, 0.1) is 17.1 Å². The van der Waals surface area contributed by atoms with Crippen molar-refractivity contribution < 1.29 is 28.5 Å². The van der Waals surface area contributed by atoms with Gasteiger partial charge in [-0.3, -0.25) is 9.69 Å². The monoisotopic (exact) mass is 637 g/mol. The minimum atomic E-state index is -2.35. The van der Waals surface area contributed by atoms with E-state index in [2.05, 4.69) is 9.97 Å². The molecule has 236 valence electrons. The van der Waals surface area contributed by atoms with Crippen LogP contribution < -0.4 is 0 Å². The molecule has 0 radical (unpaired) electrons. The van der Waals surface area contributed by atoms with E-state index in [1.807, 2.05) is 18.0 Å². The smallest absolute Gasteiger partial charge is 0.257 e. The van der Waals surface area contributed by atoms with Crippen LogP contribution in [0.4, 0.5) is 8.78 Å². The van der Waals surface area contributed by atoms with Crippen LogP contribution in [0.25, 0.3) is 0 Å². The van der Waals surface area contributed by atoms with Gasteiger partial charge in [-0.05, 0) is 68.1 Å². The number of halogens is 3. The average Bonchev–Trinajstić information content (AvgIpc) is 3.65. The van der Waals surface area contributed by atoms with Gasteiger partial charge in [-0.2, -0.15) is 5.26 Å². The molecule has 3 aliphatic heterocycles. The molecule has 0 bridgehead atoms. The average molecular weight is 638 g/mol. The number of aliphatic hydroxyl groups is 2. The predicted molar refractivity (Wildman–Crippen MR) is 160 cm³/mol. The second-order valence-corrected chi connectivity index (χ2v) is 12.7. The fourth-order valence-corrected chi connectivity index (χ4v) is 7.21. The Labute approximate surface area is 265 Å². The van der Waals surface area contributed by atoms with Crippen molar-refractivity contribution in [1.82, 2.24) is 19.8 Å². The van der Waals surface area contributed by atoms with Crippen LogP contribution in [0.1, 0.15) is 82.5 Å². The van der Waals surface area contributed by atoms with Gasteiger partial charge >= 0.3 is 0 Å². The Morgan fingerprint density at radius 1 is 1.22 bits per heavy atom. The first-order valence-corrected chi connectivity index (χ1v) is 15.4. The van der Waals surface area contributed by atoms with Crippen LogP contribution in [0.15, 0.2) is 42.7 Å². The lowest BCUT2D eigenvalue weighted by molar-refractivity contribution is -0.136. The van der Waals surface area contributed by atoms with E-state index in [1.54, 1.807) is 25.1 Å². The van der Waals surface area contributed by atoms with Gasteiger partial charge in [0, 0.05) is 48.6 Å². The molecular formula is C33H34ClF2N5O4. The number of carbonyl (C=O) groups is 1.